The number of hydrogen-bond acceptors (Lipinski definition) is 2. The van der Waals surface area contributed by atoms with E-state index in [1.807, 2.05) is 6.07 Å². The molecule has 0 atom stereocenters. The standard InChI is InChI=1S/C18H21FN2O2/c1-12(22)20-9-13(10-20)17(23)21-11-18(7-2-3-8-18)16-14(19)5-4-6-15(16)21/h4-6,13H,2-3,7-11H2,1H3. The Kier molecular flexibility index (Phi) is 3.22. The number of fused-ring (bicyclic) bond motifs is 2. The van der Waals surface area contributed by atoms with Crippen LogP contribution in [0.25, 0.3) is 0 Å². The third kappa shape index (κ3) is 2.09. The monoisotopic (exact) mass is 316 g/mol. The summed E-state index contributed by atoms with van der Waals surface area (Å²) < 4.78 is 14.5. The summed E-state index contributed by atoms with van der Waals surface area (Å²) in [6.45, 7) is 3.10. The van der Waals surface area contributed by atoms with Gasteiger partial charge in [0.15, 0.2) is 0 Å². The van der Waals surface area contributed by atoms with E-state index in [4.69, 9.17) is 0 Å². The van der Waals surface area contributed by atoms with Crippen molar-refractivity contribution in [2.45, 2.75) is 38.0 Å². The van der Waals surface area contributed by atoms with Gasteiger partial charge in [-0.3, -0.25) is 9.59 Å². The lowest BCUT2D eigenvalue weighted by Crippen LogP contribution is -2.56. The minimum Gasteiger partial charge on any atom is -0.341 e. The third-order valence-corrected chi connectivity index (χ3v) is 5.78. The molecule has 2 fully saturated rings. The second kappa shape index (κ2) is 5.05. The van der Waals surface area contributed by atoms with E-state index in [2.05, 4.69) is 0 Å². The molecule has 3 aliphatic rings. The summed E-state index contributed by atoms with van der Waals surface area (Å²) in [4.78, 5) is 27.6. The summed E-state index contributed by atoms with van der Waals surface area (Å²) in [7, 11) is 0. The van der Waals surface area contributed by atoms with E-state index < -0.39 is 0 Å². The number of carbonyl (C=O) groups excluding carboxylic acids is 2. The molecule has 2 heterocycles. The number of halogens is 1. The van der Waals surface area contributed by atoms with Crippen molar-refractivity contribution >= 4 is 17.5 Å². The van der Waals surface area contributed by atoms with Crippen LogP contribution in [0.5, 0.6) is 0 Å². The SMILES string of the molecule is CC(=O)N1CC(C(=O)N2CC3(CCCC3)c3c(F)cccc32)C1. The van der Waals surface area contributed by atoms with Gasteiger partial charge in [0.2, 0.25) is 11.8 Å². The summed E-state index contributed by atoms with van der Waals surface area (Å²) in [6.07, 6.45) is 4.10. The largest absolute Gasteiger partial charge is 0.341 e. The average Bonchev–Trinajstić information content (AvgIpc) is 3.04. The van der Waals surface area contributed by atoms with Crippen molar-refractivity contribution in [2.75, 3.05) is 24.5 Å². The molecule has 0 N–H and O–H groups in total. The Morgan fingerprint density at radius 2 is 1.91 bits per heavy atom. The number of rotatable bonds is 1. The number of carbonyl (C=O) groups is 2. The van der Waals surface area contributed by atoms with Gasteiger partial charge in [0.05, 0.1) is 11.6 Å². The molecule has 1 spiro atoms. The molecule has 1 saturated carbocycles. The molecule has 4 rings (SSSR count). The van der Waals surface area contributed by atoms with Crippen molar-refractivity contribution in [3.8, 4) is 0 Å². The van der Waals surface area contributed by atoms with Crippen LogP contribution >= 0.6 is 0 Å². The highest BCUT2D eigenvalue weighted by molar-refractivity contribution is 5.99. The normalized spacial score (nSPS) is 22.3. The molecule has 0 bridgehead atoms. The number of amides is 2. The van der Waals surface area contributed by atoms with Gasteiger partial charge in [-0.15, -0.1) is 0 Å². The van der Waals surface area contributed by atoms with Gasteiger partial charge in [-0.2, -0.15) is 0 Å². The molecular weight excluding hydrogens is 295 g/mol. The lowest BCUT2D eigenvalue weighted by atomic mass is 9.80. The van der Waals surface area contributed by atoms with Crippen LogP contribution in [-0.4, -0.2) is 36.3 Å². The highest BCUT2D eigenvalue weighted by atomic mass is 19.1. The molecule has 2 amide bonds. The lowest BCUT2D eigenvalue weighted by Gasteiger charge is -2.39. The first-order valence-corrected chi connectivity index (χ1v) is 8.38. The van der Waals surface area contributed by atoms with Gasteiger partial charge in [-0.25, -0.2) is 4.39 Å². The maximum Gasteiger partial charge on any atom is 0.233 e. The first kappa shape index (κ1) is 14.7. The van der Waals surface area contributed by atoms with Crippen molar-refractivity contribution < 1.29 is 14.0 Å². The predicted octanol–water partition coefficient (Wildman–Crippen LogP) is 2.46. The van der Waals surface area contributed by atoms with E-state index >= 15 is 0 Å². The van der Waals surface area contributed by atoms with E-state index in [-0.39, 0.29) is 29.0 Å². The van der Waals surface area contributed by atoms with Gasteiger partial charge >= 0.3 is 0 Å². The Bertz CT molecular complexity index is 676. The number of anilines is 1. The minimum atomic E-state index is -0.194. The fourth-order valence-corrected chi connectivity index (χ4v) is 4.50. The molecule has 5 heteroatoms. The maximum absolute atomic E-state index is 14.5. The van der Waals surface area contributed by atoms with Gasteiger partial charge in [0.25, 0.3) is 0 Å². The Balaban J connectivity index is 1.63. The number of hydrogen-bond donors (Lipinski definition) is 0. The topological polar surface area (TPSA) is 40.6 Å². The molecule has 23 heavy (non-hydrogen) atoms. The quantitative estimate of drug-likeness (QED) is 0.798. The summed E-state index contributed by atoms with van der Waals surface area (Å²) in [6, 6.07) is 5.06. The molecule has 2 aliphatic heterocycles. The molecular formula is C18H21FN2O2. The zero-order valence-electron chi connectivity index (χ0n) is 13.3. The lowest BCUT2D eigenvalue weighted by molar-refractivity contribution is -0.140. The van der Waals surface area contributed by atoms with E-state index in [0.29, 0.717) is 19.6 Å². The van der Waals surface area contributed by atoms with Crippen LogP contribution in [0.2, 0.25) is 0 Å². The van der Waals surface area contributed by atoms with Crippen molar-refractivity contribution in [1.29, 1.82) is 0 Å². The van der Waals surface area contributed by atoms with E-state index in [1.54, 1.807) is 15.9 Å². The third-order valence-electron chi connectivity index (χ3n) is 5.78. The van der Waals surface area contributed by atoms with Crippen LogP contribution in [0.1, 0.15) is 38.2 Å². The van der Waals surface area contributed by atoms with Crippen molar-refractivity contribution in [2.24, 2.45) is 5.92 Å². The molecule has 122 valence electrons. The second-order valence-electron chi connectivity index (χ2n) is 7.17. The number of nitrogens with zero attached hydrogens (tertiary/aromatic N) is 2. The fraction of sp³-hybridized carbons (Fsp3) is 0.556. The molecule has 0 unspecified atom stereocenters. The zero-order valence-corrected chi connectivity index (χ0v) is 13.3. The predicted molar refractivity (Wildman–Crippen MR) is 84.6 cm³/mol. The van der Waals surface area contributed by atoms with Gasteiger partial charge in [0.1, 0.15) is 5.82 Å². The molecule has 0 aromatic heterocycles. The van der Waals surface area contributed by atoms with Crippen LogP contribution in [0.3, 0.4) is 0 Å². The molecule has 0 radical (unpaired) electrons. The molecule has 1 aliphatic carbocycles. The smallest absolute Gasteiger partial charge is 0.233 e. The van der Waals surface area contributed by atoms with Gasteiger partial charge in [-0.05, 0) is 25.0 Å². The first-order chi connectivity index (χ1) is 11.0. The Hall–Kier alpha value is -1.91. The van der Waals surface area contributed by atoms with Gasteiger partial charge < -0.3 is 9.80 Å². The Labute approximate surface area is 135 Å². The highest BCUT2D eigenvalue weighted by Gasteiger charge is 2.50. The number of likely N-dealkylation sites (tertiary alicyclic amines) is 1. The van der Waals surface area contributed by atoms with Crippen LogP contribution in [-0.2, 0) is 15.0 Å². The first-order valence-electron chi connectivity index (χ1n) is 8.38. The van der Waals surface area contributed by atoms with E-state index in [1.165, 1.54) is 13.0 Å². The second-order valence-corrected chi connectivity index (χ2v) is 7.17. The summed E-state index contributed by atoms with van der Waals surface area (Å²) in [5.41, 5.74) is 1.30. The summed E-state index contributed by atoms with van der Waals surface area (Å²) >= 11 is 0. The van der Waals surface area contributed by atoms with Gasteiger partial charge in [-0.1, -0.05) is 18.9 Å². The van der Waals surface area contributed by atoms with E-state index in [9.17, 15) is 14.0 Å². The van der Waals surface area contributed by atoms with Crippen molar-refractivity contribution in [3.05, 3.63) is 29.6 Å². The van der Waals surface area contributed by atoms with Gasteiger partial charge in [0, 0.05) is 37.5 Å². The zero-order chi connectivity index (χ0) is 16.2. The van der Waals surface area contributed by atoms with Crippen molar-refractivity contribution in [3.63, 3.8) is 0 Å². The van der Waals surface area contributed by atoms with Crippen LogP contribution in [0.4, 0.5) is 10.1 Å². The summed E-state index contributed by atoms with van der Waals surface area (Å²) in [5.74, 6) is -0.280. The fourth-order valence-electron chi connectivity index (χ4n) is 4.50. The summed E-state index contributed by atoms with van der Waals surface area (Å²) in [5, 5.41) is 0. The highest BCUT2D eigenvalue weighted by Crippen LogP contribution is 2.51. The molecule has 1 saturated heterocycles. The van der Waals surface area contributed by atoms with Crippen LogP contribution < -0.4 is 4.90 Å². The van der Waals surface area contributed by atoms with E-state index in [0.717, 1.165) is 36.9 Å². The molecule has 1 aromatic rings. The average molecular weight is 316 g/mol. The number of benzene rings is 1. The molecule has 4 nitrogen and oxygen atoms in total. The Morgan fingerprint density at radius 1 is 1.22 bits per heavy atom. The van der Waals surface area contributed by atoms with Crippen LogP contribution in [0.15, 0.2) is 18.2 Å². The van der Waals surface area contributed by atoms with Crippen molar-refractivity contribution in [1.82, 2.24) is 4.90 Å². The maximum atomic E-state index is 14.5. The Morgan fingerprint density at radius 3 is 2.57 bits per heavy atom. The molecule has 1 aromatic carbocycles. The minimum absolute atomic E-state index is 0.00850. The van der Waals surface area contributed by atoms with Crippen LogP contribution in [0, 0.1) is 11.7 Å².